The van der Waals surface area contributed by atoms with Gasteiger partial charge in [-0.2, -0.15) is 0 Å². The van der Waals surface area contributed by atoms with E-state index in [1.54, 1.807) is 12.1 Å². The van der Waals surface area contributed by atoms with Crippen LogP contribution in [0.1, 0.15) is 34.6 Å². The number of hydrogen-bond donors (Lipinski definition) is 3. The Kier molecular flexibility index (Phi) is 5.50. The largest absolute Gasteiger partial charge is 0.504 e. The number of phenolic OH excluding ortho intramolecular Hbond substituents is 1. The topological polar surface area (TPSA) is 104 Å². The van der Waals surface area contributed by atoms with E-state index in [0.29, 0.717) is 27.8 Å². The summed E-state index contributed by atoms with van der Waals surface area (Å²) in [6.45, 7) is 2.03. The molecule has 2 heterocycles. The van der Waals surface area contributed by atoms with Gasteiger partial charge < -0.3 is 20.1 Å². The number of phenols is 1. The summed E-state index contributed by atoms with van der Waals surface area (Å²) in [5.41, 5.74) is 3.02. The molecule has 1 unspecified atom stereocenters. The van der Waals surface area contributed by atoms with Gasteiger partial charge in [0, 0.05) is 18.1 Å². The maximum atomic E-state index is 12.9. The number of amides is 1. The van der Waals surface area contributed by atoms with Gasteiger partial charge in [-0.1, -0.05) is 47.7 Å². The van der Waals surface area contributed by atoms with Crippen LogP contribution in [0.5, 0.6) is 11.5 Å². The lowest BCUT2D eigenvalue weighted by Crippen LogP contribution is -2.31. The number of hydrogen-bond acceptors (Lipinski definition) is 6. The molecule has 3 aromatic rings. The third-order valence-electron chi connectivity index (χ3n) is 4.99. The molecule has 0 spiro atoms. The first kappa shape index (κ1) is 20.0. The lowest BCUT2D eigenvalue weighted by atomic mass is 9.86. The van der Waals surface area contributed by atoms with E-state index in [4.69, 9.17) is 4.74 Å². The minimum Gasteiger partial charge on any atom is -0.504 e. The van der Waals surface area contributed by atoms with Crippen molar-refractivity contribution in [3.05, 3.63) is 75.1 Å². The van der Waals surface area contributed by atoms with Crippen LogP contribution in [0, 0.1) is 6.92 Å². The van der Waals surface area contributed by atoms with Crippen molar-refractivity contribution < 1.29 is 14.6 Å². The molecule has 1 atom stereocenters. The molecule has 0 radical (unpaired) electrons. The second kappa shape index (κ2) is 8.23. The third-order valence-corrected chi connectivity index (χ3v) is 5.94. The number of fused-ring (bicyclic) bond motifs is 1. The molecule has 0 saturated carbocycles. The number of anilines is 1. The first-order chi connectivity index (χ1) is 14.4. The number of aromatic nitrogens is 2. The summed E-state index contributed by atoms with van der Waals surface area (Å²) in [5.74, 6) is 0.467. The summed E-state index contributed by atoms with van der Waals surface area (Å²) in [6.07, 6.45) is 0.0965. The fourth-order valence-electron chi connectivity index (χ4n) is 3.58. The van der Waals surface area contributed by atoms with Gasteiger partial charge in [0.15, 0.2) is 16.7 Å². The van der Waals surface area contributed by atoms with Gasteiger partial charge in [0.25, 0.3) is 5.56 Å². The zero-order chi connectivity index (χ0) is 21.3. The Morgan fingerprint density at radius 1 is 1.23 bits per heavy atom. The lowest BCUT2D eigenvalue weighted by Gasteiger charge is -2.24. The fraction of sp³-hybridized carbons (Fsp3) is 0.227. The van der Waals surface area contributed by atoms with E-state index in [9.17, 15) is 14.7 Å². The van der Waals surface area contributed by atoms with Crippen molar-refractivity contribution in [1.82, 2.24) is 9.97 Å². The summed E-state index contributed by atoms with van der Waals surface area (Å²) in [5, 5.41) is 13.3. The first-order valence-electron chi connectivity index (χ1n) is 9.44. The van der Waals surface area contributed by atoms with Gasteiger partial charge in [0.05, 0.1) is 12.7 Å². The Morgan fingerprint density at radius 3 is 2.80 bits per heavy atom. The molecule has 1 aliphatic heterocycles. The number of H-pyrrole nitrogens is 1. The third kappa shape index (κ3) is 4.04. The average Bonchev–Trinajstić information content (AvgIpc) is 2.71. The summed E-state index contributed by atoms with van der Waals surface area (Å²) in [4.78, 5) is 32.5. The van der Waals surface area contributed by atoms with Gasteiger partial charge in [-0.05, 0) is 30.2 Å². The van der Waals surface area contributed by atoms with Crippen molar-refractivity contribution >= 4 is 23.5 Å². The molecule has 7 nitrogen and oxygen atoms in total. The molecule has 0 aliphatic carbocycles. The molecule has 154 valence electrons. The number of thioether (sulfide) groups is 1. The van der Waals surface area contributed by atoms with Gasteiger partial charge in [0.2, 0.25) is 5.91 Å². The molecular formula is C22H21N3O4S. The number of rotatable bonds is 5. The second-order valence-corrected chi connectivity index (χ2v) is 8.11. The number of aromatic amines is 1. The highest BCUT2D eigenvalue weighted by Gasteiger charge is 2.31. The van der Waals surface area contributed by atoms with Gasteiger partial charge in [-0.15, -0.1) is 0 Å². The van der Waals surface area contributed by atoms with Crippen LogP contribution in [0.2, 0.25) is 0 Å². The molecule has 4 rings (SSSR count). The highest BCUT2D eigenvalue weighted by molar-refractivity contribution is 7.98. The number of aromatic hydroxyl groups is 1. The van der Waals surface area contributed by atoms with Gasteiger partial charge in [0.1, 0.15) is 5.82 Å². The van der Waals surface area contributed by atoms with Crippen LogP contribution in [-0.4, -0.2) is 28.1 Å². The number of carbonyl (C=O) groups excluding carboxylic acids is 1. The Morgan fingerprint density at radius 2 is 2.07 bits per heavy atom. The standard InChI is InChI=1S/C22H21N3O4S/c1-12-4-3-5-13(8-12)11-30-22-24-20-19(21(28)25-22)15(10-18(27)23-20)14-6-7-17(29-2)16(26)9-14/h3-9,15,26H,10-11H2,1-2H3,(H2,23,24,25,27,28). The van der Waals surface area contributed by atoms with Crippen molar-refractivity contribution in [3.63, 3.8) is 0 Å². The van der Waals surface area contributed by atoms with Crippen LogP contribution in [0.3, 0.4) is 0 Å². The van der Waals surface area contributed by atoms with E-state index in [1.807, 2.05) is 25.1 Å². The molecule has 8 heteroatoms. The van der Waals surface area contributed by atoms with Crippen LogP contribution in [0.4, 0.5) is 5.82 Å². The number of carbonyl (C=O) groups is 1. The predicted molar refractivity (Wildman–Crippen MR) is 115 cm³/mol. The maximum Gasteiger partial charge on any atom is 0.257 e. The summed E-state index contributed by atoms with van der Waals surface area (Å²) in [7, 11) is 1.46. The Bertz CT molecular complexity index is 1180. The normalized spacial score (nSPS) is 15.4. The minimum atomic E-state index is -0.502. The first-order valence-corrected chi connectivity index (χ1v) is 10.4. The SMILES string of the molecule is COc1ccc(C2CC(=O)Nc3nc(SCc4cccc(C)c4)[nH]c(=O)c32)cc1O. The Balaban J connectivity index is 1.66. The smallest absolute Gasteiger partial charge is 0.257 e. The highest BCUT2D eigenvalue weighted by atomic mass is 32.2. The molecule has 1 amide bonds. The predicted octanol–water partition coefficient (Wildman–Crippen LogP) is 3.56. The van der Waals surface area contributed by atoms with Crippen LogP contribution < -0.4 is 15.6 Å². The number of methoxy groups -OCH3 is 1. The fourth-order valence-corrected chi connectivity index (χ4v) is 4.38. The summed E-state index contributed by atoms with van der Waals surface area (Å²) in [6, 6.07) is 13.0. The van der Waals surface area contributed by atoms with E-state index >= 15 is 0 Å². The molecule has 0 saturated heterocycles. The molecule has 1 aromatic heterocycles. The zero-order valence-corrected chi connectivity index (χ0v) is 17.4. The van der Waals surface area contributed by atoms with Crippen LogP contribution >= 0.6 is 11.8 Å². The van der Waals surface area contributed by atoms with E-state index in [2.05, 4.69) is 21.4 Å². The Labute approximate surface area is 177 Å². The molecule has 1 aliphatic rings. The number of ether oxygens (including phenoxy) is 1. The molecule has 0 fully saturated rings. The average molecular weight is 423 g/mol. The highest BCUT2D eigenvalue weighted by Crippen LogP contribution is 2.38. The van der Waals surface area contributed by atoms with Gasteiger partial charge in [-0.3, -0.25) is 9.59 Å². The van der Waals surface area contributed by atoms with Crippen molar-refractivity contribution in [2.75, 3.05) is 12.4 Å². The zero-order valence-electron chi connectivity index (χ0n) is 16.6. The molecule has 30 heavy (non-hydrogen) atoms. The number of aryl methyl sites for hydroxylation is 1. The van der Waals surface area contributed by atoms with E-state index in [-0.39, 0.29) is 29.5 Å². The van der Waals surface area contributed by atoms with Crippen LogP contribution in [-0.2, 0) is 10.5 Å². The molecular weight excluding hydrogens is 402 g/mol. The summed E-state index contributed by atoms with van der Waals surface area (Å²) >= 11 is 1.40. The molecule has 0 bridgehead atoms. The van der Waals surface area contributed by atoms with E-state index in [0.717, 1.165) is 11.1 Å². The van der Waals surface area contributed by atoms with Gasteiger partial charge in [-0.25, -0.2) is 4.98 Å². The monoisotopic (exact) mass is 423 g/mol. The summed E-state index contributed by atoms with van der Waals surface area (Å²) < 4.78 is 5.08. The van der Waals surface area contributed by atoms with Crippen LogP contribution in [0.25, 0.3) is 0 Å². The Hall–Kier alpha value is -3.26. The van der Waals surface area contributed by atoms with E-state index < -0.39 is 5.92 Å². The lowest BCUT2D eigenvalue weighted by molar-refractivity contribution is -0.116. The second-order valence-electron chi connectivity index (χ2n) is 7.15. The quantitative estimate of drug-likeness (QED) is 0.428. The maximum absolute atomic E-state index is 12.9. The van der Waals surface area contributed by atoms with Crippen molar-refractivity contribution in [1.29, 1.82) is 0 Å². The number of nitrogens with one attached hydrogen (secondary N) is 2. The van der Waals surface area contributed by atoms with Crippen molar-refractivity contribution in [2.45, 2.75) is 30.2 Å². The van der Waals surface area contributed by atoms with Gasteiger partial charge >= 0.3 is 0 Å². The van der Waals surface area contributed by atoms with Crippen molar-refractivity contribution in [2.24, 2.45) is 0 Å². The molecule has 2 aromatic carbocycles. The minimum absolute atomic E-state index is 0.0442. The van der Waals surface area contributed by atoms with Crippen LogP contribution in [0.15, 0.2) is 52.4 Å². The van der Waals surface area contributed by atoms with E-state index in [1.165, 1.54) is 24.9 Å². The molecule has 3 N–H and O–H groups in total. The van der Waals surface area contributed by atoms with Crippen molar-refractivity contribution in [3.8, 4) is 11.5 Å². The number of benzene rings is 2. The number of nitrogens with zero attached hydrogens (tertiary/aromatic N) is 1.